The van der Waals surface area contributed by atoms with Crippen LogP contribution >= 0.6 is 23.2 Å². The average molecular weight is 356 g/mol. The molecule has 7 heteroatoms. The monoisotopic (exact) mass is 355 g/mol. The van der Waals surface area contributed by atoms with Crippen molar-refractivity contribution in [3.8, 4) is 0 Å². The fourth-order valence-electron chi connectivity index (χ4n) is 2.63. The highest BCUT2D eigenvalue weighted by molar-refractivity contribution is 6.35. The molecule has 1 atom stereocenters. The van der Waals surface area contributed by atoms with E-state index in [1.807, 2.05) is 13.8 Å². The first-order valence-electron chi connectivity index (χ1n) is 7.41. The van der Waals surface area contributed by atoms with Crippen LogP contribution in [-0.2, 0) is 4.79 Å². The Morgan fingerprint density at radius 3 is 2.48 bits per heavy atom. The van der Waals surface area contributed by atoms with Crippen LogP contribution in [0.25, 0.3) is 0 Å². The molecule has 124 valence electrons. The number of urea groups is 1. The number of benzene rings is 1. The van der Waals surface area contributed by atoms with Gasteiger partial charge in [0.15, 0.2) is 0 Å². The standard InChI is InChI=1S/C16H19Cl2N3O2/c1-4-21(5-2)15(22)13-9(3)19-16(23)20-14(13)11-7-6-10(17)8-12(11)18/h6-8,14H,4-5H2,1-3H3,(H2,19,20,23)/t14-/m0/s1. The van der Waals surface area contributed by atoms with Gasteiger partial charge in [-0.15, -0.1) is 0 Å². The number of amides is 3. The van der Waals surface area contributed by atoms with E-state index >= 15 is 0 Å². The highest BCUT2D eigenvalue weighted by Crippen LogP contribution is 2.33. The third-order valence-corrected chi connectivity index (χ3v) is 4.39. The van der Waals surface area contributed by atoms with Crippen LogP contribution < -0.4 is 10.6 Å². The van der Waals surface area contributed by atoms with Crippen molar-refractivity contribution in [2.24, 2.45) is 0 Å². The van der Waals surface area contributed by atoms with E-state index in [9.17, 15) is 9.59 Å². The molecule has 1 aliphatic heterocycles. The minimum absolute atomic E-state index is 0.129. The SMILES string of the molecule is CCN(CC)C(=O)C1=C(C)NC(=O)N[C@H]1c1ccc(Cl)cc1Cl. The van der Waals surface area contributed by atoms with Gasteiger partial charge in [-0.1, -0.05) is 29.3 Å². The number of rotatable bonds is 4. The Morgan fingerprint density at radius 1 is 1.26 bits per heavy atom. The zero-order chi connectivity index (χ0) is 17.1. The number of halogens is 2. The summed E-state index contributed by atoms with van der Waals surface area (Å²) in [6.45, 7) is 6.71. The largest absolute Gasteiger partial charge is 0.339 e. The predicted molar refractivity (Wildman–Crippen MR) is 91.5 cm³/mol. The van der Waals surface area contributed by atoms with Crippen LogP contribution in [0.1, 0.15) is 32.4 Å². The number of carbonyl (C=O) groups is 2. The summed E-state index contributed by atoms with van der Waals surface area (Å²) in [6, 6.07) is 4.04. The maximum Gasteiger partial charge on any atom is 0.319 e. The Labute approximate surface area is 145 Å². The lowest BCUT2D eigenvalue weighted by atomic mass is 9.94. The number of carbonyl (C=O) groups excluding carboxylic acids is 2. The number of allylic oxidation sites excluding steroid dienone is 1. The predicted octanol–water partition coefficient (Wildman–Crippen LogP) is 3.49. The van der Waals surface area contributed by atoms with Crippen molar-refractivity contribution in [3.63, 3.8) is 0 Å². The molecule has 1 aliphatic rings. The van der Waals surface area contributed by atoms with Crippen molar-refractivity contribution >= 4 is 35.1 Å². The van der Waals surface area contributed by atoms with Gasteiger partial charge in [0, 0.05) is 28.8 Å². The molecule has 0 aliphatic carbocycles. The molecule has 0 unspecified atom stereocenters. The van der Waals surface area contributed by atoms with E-state index in [4.69, 9.17) is 23.2 Å². The van der Waals surface area contributed by atoms with E-state index in [2.05, 4.69) is 10.6 Å². The van der Waals surface area contributed by atoms with E-state index in [1.54, 1.807) is 30.0 Å². The molecule has 0 aromatic heterocycles. The summed E-state index contributed by atoms with van der Waals surface area (Å²) in [6.07, 6.45) is 0. The molecule has 0 saturated carbocycles. The second kappa shape index (κ2) is 7.23. The summed E-state index contributed by atoms with van der Waals surface area (Å²) >= 11 is 12.2. The third kappa shape index (κ3) is 3.62. The summed E-state index contributed by atoms with van der Waals surface area (Å²) in [5.41, 5.74) is 1.65. The lowest BCUT2D eigenvalue weighted by molar-refractivity contribution is -0.127. The highest BCUT2D eigenvalue weighted by atomic mass is 35.5. The molecule has 1 aromatic rings. The molecular formula is C16H19Cl2N3O2. The maximum atomic E-state index is 12.8. The number of hydrogen-bond donors (Lipinski definition) is 2. The van der Waals surface area contributed by atoms with Gasteiger partial charge >= 0.3 is 6.03 Å². The van der Waals surface area contributed by atoms with Crippen molar-refractivity contribution in [1.82, 2.24) is 15.5 Å². The second-order valence-corrected chi connectivity index (χ2v) is 6.06. The Kier molecular flexibility index (Phi) is 5.55. The lowest BCUT2D eigenvalue weighted by Crippen LogP contribution is -2.47. The molecule has 0 bridgehead atoms. The Morgan fingerprint density at radius 2 is 1.91 bits per heavy atom. The second-order valence-electron chi connectivity index (χ2n) is 5.21. The van der Waals surface area contributed by atoms with Gasteiger partial charge in [0.1, 0.15) is 0 Å². The van der Waals surface area contributed by atoms with Gasteiger partial charge in [-0.25, -0.2) is 4.79 Å². The lowest BCUT2D eigenvalue weighted by Gasteiger charge is -2.32. The van der Waals surface area contributed by atoms with Crippen LogP contribution in [0.2, 0.25) is 10.0 Å². The number of hydrogen-bond acceptors (Lipinski definition) is 2. The molecule has 3 amide bonds. The minimum Gasteiger partial charge on any atom is -0.339 e. The topological polar surface area (TPSA) is 61.4 Å². The van der Waals surface area contributed by atoms with Gasteiger partial charge in [0.25, 0.3) is 5.91 Å². The van der Waals surface area contributed by atoms with Gasteiger partial charge in [-0.05, 0) is 38.5 Å². The molecule has 1 aromatic carbocycles. The first-order chi connectivity index (χ1) is 10.9. The normalized spacial score (nSPS) is 17.6. The van der Waals surface area contributed by atoms with Gasteiger partial charge < -0.3 is 15.5 Å². The van der Waals surface area contributed by atoms with Crippen LogP contribution in [-0.4, -0.2) is 29.9 Å². The van der Waals surface area contributed by atoms with Crippen LogP contribution in [0.15, 0.2) is 29.5 Å². The van der Waals surface area contributed by atoms with Gasteiger partial charge in [-0.2, -0.15) is 0 Å². The highest BCUT2D eigenvalue weighted by Gasteiger charge is 2.33. The quantitative estimate of drug-likeness (QED) is 0.868. The Bertz CT molecular complexity index is 669. The van der Waals surface area contributed by atoms with Crippen LogP contribution in [0.5, 0.6) is 0 Å². The summed E-state index contributed by atoms with van der Waals surface area (Å²) < 4.78 is 0. The van der Waals surface area contributed by atoms with Gasteiger partial charge in [0.2, 0.25) is 0 Å². The summed E-state index contributed by atoms with van der Waals surface area (Å²) in [5.74, 6) is -0.129. The molecular weight excluding hydrogens is 337 g/mol. The van der Waals surface area contributed by atoms with Crippen LogP contribution in [0, 0.1) is 0 Å². The van der Waals surface area contributed by atoms with Crippen LogP contribution in [0.3, 0.4) is 0 Å². The molecule has 0 saturated heterocycles. The molecule has 23 heavy (non-hydrogen) atoms. The van der Waals surface area contributed by atoms with Crippen molar-refractivity contribution in [3.05, 3.63) is 45.1 Å². The van der Waals surface area contributed by atoms with Crippen LogP contribution in [0.4, 0.5) is 4.79 Å². The van der Waals surface area contributed by atoms with Crippen molar-refractivity contribution < 1.29 is 9.59 Å². The molecule has 2 rings (SSSR count). The third-order valence-electron chi connectivity index (χ3n) is 3.82. The Balaban J connectivity index is 2.52. The van der Waals surface area contributed by atoms with Gasteiger partial charge in [-0.3, -0.25) is 4.79 Å². The zero-order valence-corrected chi connectivity index (χ0v) is 14.8. The maximum absolute atomic E-state index is 12.8. The van der Waals surface area contributed by atoms with E-state index in [1.165, 1.54) is 0 Å². The van der Waals surface area contributed by atoms with E-state index in [-0.39, 0.29) is 11.9 Å². The first-order valence-corrected chi connectivity index (χ1v) is 8.17. The summed E-state index contributed by atoms with van der Waals surface area (Å²) in [7, 11) is 0. The first kappa shape index (κ1) is 17.6. The summed E-state index contributed by atoms with van der Waals surface area (Å²) in [4.78, 5) is 26.4. The van der Waals surface area contributed by atoms with E-state index in [0.29, 0.717) is 40.0 Å². The molecule has 5 nitrogen and oxygen atoms in total. The fraction of sp³-hybridized carbons (Fsp3) is 0.375. The number of nitrogens with one attached hydrogen (secondary N) is 2. The summed E-state index contributed by atoms with van der Waals surface area (Å²) in [5, 5.41) is 6.33. The molecule has 1 heterocycles. The molecule has 2 N–H and O–H groups in total. The number of nitrogens with zero attached hydrogens (tertiary/aromatic N) is 1. The van der Waals surface area contributed by atoms with E-state index < -0.39 is 6.04 Å². The molecule has 0 spiro atoms. The van der Waals surface area contributed by atoms with Crippen molar-refractivity contribution in [2.75, 3.05) is 13.1 Å². The van der Waals surface area contributed by atoms with Gasteiger partial charge in [0.05, 0.1) is 11.6 Å². The molecule has 0 fully saturated rings. The Hall–Kier alpha value is -1.72. The molecule has 0 radical (unpaired) electrons. The fourth-order valence-corrected chi connectivity index (χ4v) is 3.14. The minimum atomic E-state index is -0.610. The van der Waals surface area contributed by atoms with Crippen molar-refractivity contribution in [2.45, 2.75) is 26.8 Å². The van der Waals surface area contributed by atoms with E-state index in [0.717, 1.165) is 0 Å². The zero-order valence-electron chi connectivity index (χ0n) is 13.2. The smallest absolute Gasteiger partial charge is 0.319 e. The average Bonchev–Trinajstić information content (AvgIpc) is 2.47. The number of likely N-dealkylation sites (N-methyl/N-ethyl adjacent to an activating group) is 1. The van der Waals surface area contributed by atoms with Crippen molar-refractivity contribution in [1.29, 1.82) is 0 Å².